The quantitative estimate of drug-likeness (QED) is 0.360. The molecule has 0 aromatic carbocycles. The van der Waals surface area contributed by atoms with Crippen LogP contribution >= 0.6 is 12.4 Å². The van der Waals surface area contributed by atoms with Crippen LogP contribution in [0.3, 0.4) is 0 Å². The van der Waals surface area contributed by atoms with Gasteiger partial charge in [0.1, 0.15) is 12.3 Å². The molecule has 0 heterocycles. The van der Waals surface area contributed by atoms with Crippen LogP contribution in [-0.4, -0.2) is 18.4 Å². The Bertz CT molecular complexity index is 127. The SMILES string of the molecule is CCOC(=O)CC(=N)N.Cl. The van der Waals surface area contributed by atoms with Crippen molar-refractivity contribution < 1.29 is 9.53 Å². The predicted molar refractivity (Wildman–Crippen MR) is 40.4 cm³/mol. The molecule has 0 spiro atoms. The van der Waals surface area contributed by atoms with Crippen LogP contribution < -0.4 is 5.73 Å². The molecule has 10 heavy (non-hydrogen) atoms. The Hall–Kier alpha value is -0.770. The smallest absolute Gasteiger partial charge is 0.313 e. The third-order valence-corrected chi connectivity index (χ3v) is 0.640. The Morgan fingerprint density at radius 2 is 2.20 bits per heavy atom. The molecule has 0 aliphatic carbocycles. The summed E-state index contributed by atoms with van der Waals surface area (Å²) in [4.78, 5) is 10.4. The summed E-state index contributed by atoms with van der Waals surface area (Å²) < 4.78 is 4.49. The maximum Gasteiger partial charge on any atom is 0.313 e. The fraction of sp³-hybridized carbons (Fsp3) is 0.600. The highest BCUT2D eigenvalue weighted by Gasteiger charge is 2.01. The number of nitrogens with one attached hydrogen (secondary N) is 1. The summed E-state index contributed by atoms with van der Waals surface area (Å²) in [5.74, 6) is -0.599. The van der Waals surface area contributed by atoms with E-state index in [0.29, 0.717) is 6.61 Å². The normalized spacial score (nSPS) is 7.70. The Morgan fingerprint density at radius 1 is 1.70 bits per heavy atom. The zero-order valence-corrected chi connectivity index (χ0v) is 6.53. The zero-order valence-electron chi connectivity index (χ0n) is 5.72. The second-order valence-corrected chi connectivity index (χ2v) is 1.51. The van der Waals surface area contributed by atoms with Gasteiger partial charge in [0, 0.05) is 0 Å². The van der Waals surface area contributed by atoms with Crippen molar-refractivity contribution in [2.45, 2.75) is 13.3 Å². The molecule has 0 aliphatic heterocycles. The lowest BCUT2D eigenvalue weighted by atomic mass is 10.4. The molecule has 5 heteroatoms. The molecule has 0 bridgehead atoms. The van der Waals surface area contributed by atoms with Gasteiger partial charge < -0.3 is 10.5 Å². The van der Waals surface area contributed by atoms with Crippen LogP contribution in [0.5, 0.6) is 0 Å². The average molecular weight is 167 g/mol. The number of carbonyl (C=O) groups is 1. The number of carbonyl (C=O) groups excluding carboxylic acids is 1. The molecule has 0 saturated heterocycles. The number of hydrogen-bond donors (Lipinski definition) is 2. The fourth-order valence-corrected chi connectivity index (χ4v) is 0.368. The van der Waals surface area contributed by atoms with Gasteiger partial charge in [-0.25, -0.2) is 0 Å². The first-order chi connectivity index (χ1) is 4.16. The standard InChI is InChI=1S/C5H10N2O2.ClH/c1-2-9-5(8)3-4(6)7;/h2-3H2,1H3,(H3,6,7);1H. The summed E-state index contributed by atoms with van der Waals surface area (Å²) in [6.07, 6.45) is -0.103. The summed E-state index contributed by atoms with van der Waals surface area (Å²) in [5, 5.41) is 6.68. The number of halogens is 1. The lowest BCUT2D eigenvalue weighted by molar-refractivity contribution is -0.141. The lowest BCUT2D eigenvalue weighted by Crippen LogP contribution is -2.17. The molecule has 60 valence electrons. The minimum absolute atomic E-state index is 0. The van der Waals surface area contributed by atoms with E-state index in [2.05, 4.69) is 4.74 Å². The van der Waals surface area contributed by atoms with Crippen LogP contribution in [0.4, 0.5) is 0 Å². The van der Waals surface area contributed by atoms with Crippen molar-refractivity contribution in [3.05, 3.63) is 0 Å². The molecular formula is C5H11ClN2O2. The van der Waals surface area contributed by atoms with Gasteiger partial charge in [-0.05, 0) is 6.92 Å². The molecule has 0 amide bonds. The van der Waals surface area contributed by atoms with Crippen LogP contribution in [0, 0.1) is 5.41 Å². The summed E-state index contributed by atoms with van der Waals surface area (Å²) >= 11 is 0. The number of hydrogen-bond acceptors (Lipinski definition) is 3. The van der Waals surface area contributed by atoms with Crippen LogP contribution in [-0.2, 0) is 9.53 Å². The second-order valence-electron chi connectivity index (χ2n) is 1.51. The van der Waals surface area contributed by atoms with E-state index in [4.69, 9.17) is 11.1 Å². The molecule has 3 N–H and O–H groups in total. The van der Waals surface area contributed by atoms with Crippen molar-refractivity contribution >= 4 is 24.2 Å². The van der Waals surface area contributed by atoms with Crippen LogP contribution in [0.25, 0.3) is 0 Å². The van der Waals surface area contributed by atoms with Crippen LogP contribution in [0.2, 0.25) is 0 Å². The molecule has 0 fully saturated rings. The first kappa shape index (κ1) is 12.0. The van der Waals surface area contributed by atoms with Gasteiger partial charge in [-0.1, -0.05) is 0 Å². The molecular weight excluding hydrogens is 156 g/mol. The molecule has 0 rings (SSSR count). The number of amidine groups is 1. The van der Waals surface area contributed by atoms with Crippen LogP contribution in [0.1, 0.15) is 13.3 Å². The first-order valence-electron chi connectivity index (χ1n) is 2.65. The van der Waals surface area contributed by atoms with E-state index in [1.54, 1.807) is 6.92 Å². The fourth-order valence-electron chi connectivity index (χ4n) is 0.368. The Balaban J connectivity index is 0. The number of esters is 1. The van der Waals surface area contributed by atoms with E-state index in [0.717, 1.165) is 0 Å². The van der Waals surface area contributed by atoms with Gasteiger partial charge in [0.05, 0.1) is 6.61 Å². The number of ether oxygens (including phenoxy) is 1. The molecule has 0 unspecified atom stereocenters. The monoisotopic (exact) mass is 166 g/mol. The maximum absolute atomic E-state index is 10.4. The van der Waals surface area contributed by atoms with Crippen molar-refractivity contribution in [3.63, 3.8) is 0 Å². The highest BCUT2D eigenvalue weighted by molar-refractivity contribution is 5.94. The second kappa shape index (κ2) is 6.35. The van der Waals surface area contributed by atoms with Gasteiger partial charge in [0.2, 0.25) is 0 Å². The van der Waals surface area contributed by atoms with Crippen molar-refractivity contribution in [1.82, 2.24) is 0 Å². The van der Waals surface area contributed by atoms with Gasteiger partial charge in [-0.15, -0.1) is 12.4 Å². The van der Waals surface area contributed by atoms with E-state index in [-0.39, 0.29) is 24.7 Å². The molecule has 4 nitrogen and oxygen atoms in total. The minimum atomic E-state index is -0.440. The molecule has 0 radical (unpaired) electrons. The summed E-state index contributed by atoms with van der Waals surface area (Å²) in [6.45, 7) is 2.05. The average Bonchev–Trinajstić information content (AvgIpc) is 1.63. The lowest BCUT2D eigenvalue weighted by Gasteiger charge is -1.97. The van der Waals surface area contributed by atoms with E-state index in [1.807, 2.05) is 0 Å². The highest BCUT2D eigenvalue weighted by Crippen LogP contribution is 1.83. The van der Waals surface area contributed by atoms with Crippen molar-refractivity contribution in [1.29, 1.82) is 5.41 Å². The van der Waals surface area contributed by atoms with Gasteiger partial charge in [-0.3, -0.25) is 10.2 Å². The molecule has 0 aromatic heterocycles. The van der Waals surface area contributed by atoms with E-state index in [1.165, 1.54) is 0 Å². The van der Waals surface area contributed by atoms with Crippen molar-refractivity contribution in [2.24, 2.45) is 5.73 Å². The van der Waals surface area contributed by atoms with Crippen molar-refractivity contribution in [2.75, 3.05) is 6.61 Å². The summed E-state index contributed by atoms with van der Waals surface area (Å²) in [6, 6.07) is 0. The zero-order chi connectivity index (χ0) is 7.28. The summed E-state index contributed by atoms with van der Waals surface area (Å²) in [5.41, 5.74) is 4.91. The Kier molecular flexibility index (Phi) is 7.60. The molecule has 0 aliphatic rings. The highest BCUT2D eigenvalue weighted by atomic mass is 35.5. The largest absolute Gasteiger partial charge is 0.466 e. The van der Waals surface area contributed by atoms with E-state index >= 15 is 0 Å². The van der Waals surface area contributed by atoms with Gasteiger partial charge >= 0.3 is 5.97 Å². The van der Waals surface area contributed by atoms with Crippen LogP contribution in [0.15, 0.2) is 0 Å². The van der Waals surface area contributed by atoms with E-state index < -0.39 is 5.97 Å². The Labute approximate surface area is 65.7 Å². The van der Waals surface area contributed by atoms with Crippen molar-refractivity contribution in [3.8, 4) is 0 Å². The predicted octanol–water partition coefficient (Wildman–Crippen LogP) is 0.297. The molecule has 0 aromatic rings. The topological polar surface area (TPSA) is 76.2 Å². The third-order valence-electron chi connectivity index (χ3n) is 0.640. The van der Waals surface area contributed by atoms with E-state index in [9.17, 15) is 4.79 Å². The molecule has 0 saturated carbocycles. The minimum Gasteiger partial charge on any atom is -0.466 e. The third kappa shape index (κ3) is 7.23. The van der Waals surface area contributed by atoms with Gasteiger partial charge in [-0.2, -0.15) is 0 Å². The maximum atomic E-state index is 10.4. The van der Waals surface area contributed by atoms with Gasteiger partial charge in [0.15, 0.2) is 0 Å². The first-order valence-corrected chi connectivity index (χ1v) is 2.65. The number of rotatable bonds is 3. The summed E-state index contributed by atoms with van der Waals surface area (Å²) in [7, 11) is 0. The number of nitrogens with two attached hydrogens (primary N) is 1. The Morgan fingerprint density at radius 3 is 2.50 bits per heavy atom. The molecule has 0 atom stereocenters. The van der Waals surface area contributed by atoms with Gasteiger partial charge in [0.25, 0.3) is 0 Å².